The molecule has 19 heavy (non-hydrogen) atoms. The van der Waals surface area contributed by atoms with Gasteiger partial charge in [0.1, 0.15) is 0 Å². The van der Waals surface area contributed by atoms with Crippen LogP contribution in [0.15, 0.2) is 0 Å². The molecule has 1 N–H and O–H groups in total. The van der Waals surface area contributed by atoms with E-state index in [1.807, 2.05) is 0 Å². The first kappa shape index (κ1) is 13.4. The molecule has 108 valence electrons. The summed E-state index contributed by atoms with van der Waals surface area (Å²) >= 11 is 0. The summed E-state index contributed by atoms with van der Waals surface area (Å²) in [4.78, 5) is 17.3. The second-order valence-electron chi connectivity index (χ2n) is 6.33. The molecule has 3 aliphatic heterocycles. The van der Waals surface area contributed by atoms with Crippen molar-refractivity contribution in [1.82, 2.24) is 15.1 Å². The molecule has 0 aromatic heterocycles. The maximum absolute atomic E-state index is 12.6. The second kappa shape index (κ2) is 6.23. The van der Waals surface area contributed by atoms with Gasteiger partial charge in [-0.05, 0) is 51.7 Å². The lowest BCUT2D eigenvalue weighted by Crippen LogP contribution is -2.46. The molecule has 0 spiro atoms. The standard InChI is InChI=1S/C15H27N3O/c19-15(14-6-2-1-3-8-16-14)18-11-7-13(12-18)17-9-4-5-10-17/h13-14,16H,1-12H2. The summed E-state index contributed by atoms with van der Waals surface area (Å²) in [7, 11) is 0. The van der Waals surface area contributed by atoms with Gasteiger partial charge < -0.3 is 10.2 Å². The Kier molecular flexibility index (Phi) is 4.38. The Balaban J connectivity index is 1.52. The van der Waals surface area contributed by atoms with Crippen LogP contribution < -0.4 is 5.32 Å². The van der Waals surface area contributed by atoms with Gasteiger partial charge in [0.15, 0.2) is 0 Å². The summed E-state index contributed by atoms with van der Waals surface area (Å²) < 4.78 is 0. The highest BCUT2D eigenvalue weighted by Crippen LogP contribution is 2.22. The van der Waals surface area contributed by atoms with E-state index in [1.54, 1.807) is 0 Å². The molecule has 0 aromatic carbocycles. The highest BCUT2D eigenvalue weighted by atomic mass is 16.2. The summed E-state index contributed by atoms with van der Waals surface area (Å²) in [5, 5.41) is 3.44. The quantitative estimate of drug-likeness (QED) is 0.815. The van der Waals surface area contributed by atoms with Crippen molar-refractivity contribution in [3.8, 4) is 0 Å². The first-order valence-electron chi connectivity index (χ1n) is 8.11. The van der Waals surface area contributed by atoms with Gasteiger partial charge in [-0.3, -0.25) is 9.69 Å². The lowest BCUT2D eigenvalue weighted by molar-refractivity contribution is -0.132. The Morgan fingerprint density at radius 1 is 0.947 bits per heavy atom. The van der Waals surface area contributed by atoms with Crippen LogP contribution in [0, 0.1) is 0 Å². The van der Waals surface area contributed by atoms with Crippen LogP contribution in [-0.4, -0.2) is 60.5 Å². The average molecular weight is 265 g/mol. The van der Waals surface area contributed by atoms with Crippen molar-refractivity contribution in [3.05, 3.63) is 0 Å². The molecule has 0 radical (unpaired) electrons. The van der Waals surface area contributed by atoms with Crippen molar-refractivity contribution in [2.45, 2.75) is 57.0 Å². The fourth-order valence-corrected chi connectivity index (χ4v) is 3.81. The van der Waals surface area contributed by atoms with E-state index < -0.39 is 0 Å². The van der Waals surface area contributed by atoms with E-state index >= 15 is 0 Å². The maximum atomic E-state index is 12.6. The molecule has 2 atom stereocenters. The first-order valence-corrected chi connectivity index (χ1v) is 8.11. The molecule has 1 amide bonds. The summed E-state index contributed by atoms with van der Waals surface area (Å²) in [6.07, 6.45) is 8.59. The number of amides is 1. The van der Waals surface area contributed by atoms with E-state index in [4.69, 9.17) is 0 Å². The van der Waals surface area contributed by atoms with Crippen molar-refractivity contribution < 1.29 is 4.79 Å². The second-order valence-corrected chi connectivity index (χ2v) is 6.33. The molecule has 0 bridgehead atoms. The number of carbonyl (C=O) groups excluding carboxylic acids is 1. The molecule has 4 heteroatoms. The van der Waals surface area contributed by atoms with Crippen molar-refractivity contribution >= 4 is 5.91 Å². The molecule has 3 aliphatic rings. The zero-order valence-electron chi connectivity index (χ0n) is 11.9. The van der Waals surface area contributed by atoms with E-state index in [9.17, 15) is 4.79 Å². The number of likely N-dealkylation sites (tertiary alicyclic amines) is 2. The number of hydrogen-bond acceptors (Lipinski definition) is 3. The predicted octanol–water partition coefficient (Wildman–Crippen LogP) is 1.22. The number of nitrogens with one attached hydrogen (secondary N) is 1. The molecule has 0 aliphatic carbocycles. The van der Waals surface area contributed by atoms with Gasteiger partial charge >= 0.3 is 0 Å². The number of rotatable bonds is 2. The van der Waals surface area contributed by atoms with Gasteiger partial charge in [-0.25, -0.2) is 0 Å². The van der Waals surface area contributed by atoms with Crippen molar-refractivity contribution in [2.24, 2.45) is 0 Å². The smallest absolute Gasteiger partial charge is 0.239 e. The lowest BCUT2D eigenvalue weighted by Gasteiger charge is -2.26. The fourth-order valence-electron chi connectivity index (χ4n) is 3.81. The molecule has 4 nitrogen and oxygen atoms in total. The van der Waals surface area contributed by atoms with Gasteiger partial charge in [-0.1, -0.05) is 12.8 Å². The molecule has 3 heterocycles. The molecule has 0 saturated carbocycles. The summed E-state index contributed by atoms with van der Waals surface area (Å²) in [6.45, 7) is 5.44. The van der Waals surface area contributed by atoms with Gasteiger partial charge in [-0.15, -0.1) is 0 Å². The number of carbonyl (C=O) groups is 1. The molecular weight excluding hydrogens is 238 g/mol. The predicted molar refractivity (Wildman–Crippen MR) is 76.1 cm³/mol. The molecule has 0 aromatic rings. The first-order chi connectivity index (χ1) is 9.34. The van der Waals surface area contributed by atoms with E-state index in [-0.39, 0.29) is 6.04 Å². The van der Waals surface area contributed by atoms with E-state index in [1.165, 1.54) is 51.6 Å². The van der Waals surface area contributed by atoms with Gasteiger partial charge in [0.2, 0.25) is 5.91 Å². The third kappa shape index (κ3) is 3.11. The molecule has 3 rings (SSSR count). The minimum Gasteiger partial charge on any atom is -0.340 e. The lowest BCUT2D eigenvalue weighted by atomic mass is 10.1. The van der Waals surface area contributed by atoms with Crippen LogP contribution in [0.5, 0.6) is 0 Å². The monoisotopic (exact) mass is 265 g/mol. The highest BCUT2D eigenvalue weighted by molar-refractivity contribution is 5.82. The van der Waals surface area contributed by atoms with Gasteiger partial charge in [0.05, 0.1) is 6.04 Å². The normalized spacial score (nSPS) is 33.6. The number of nitrogens with zero attached hydrogens (tertiary/aromatic N) is 2. The maximum Gasteiger partial charge on any atom is 0.239 e. The third-order valence-electron chi connectivity index (χ3n) is 4.99. The Hall–Kier alpha value is -0.610. The van der Waals surface area contributed by atoms with Gasteiger partial charge in [0.25, 0.3) is 0 Å². The van der Waals surface area contributed by atoms with E-state index in [0.29, 0.717) is 11.9 Å². The Bertz CT molecular complexity index is 307. The van der Waals surface area contributed by atoms with Crippen molar-refractivity contribution in [3.63, 3.8) is 0 Å². The average Bonchev–Trinajstić information content (AvgIpc) is 3.04. The summed E-state index contributed by atoms with van der Waals surface area (Å²) in [5.41, 5.74) is 0. The van der Waals surface area contributed by atoms with Crippen LogP contribution in [0.2, 0.25) is 0 Å². The van der Waals surface area contributed by atoms with Crippen LogP contribution in [-0.2, 0) is 4.79 Å². The zero-order chi connectivity index (χ0) is 13.1. The molecule has 2 unspecified atom stereocenters. The fraction of sp³-hybridized carbons (Fsp3) is 0.933. The summed E-state index contributed by atoms with van der Waals surface area (Å²) in [6, 6.07) is 0.733. The third-order valence-corrected chi connectivity index (χ3v) is 4.99. The Morgan fingerprint density at radius 3 is 2.63 bits per heavy atom. The number of hydrogen-bond donors (Lipinski definition) is 1. The SMILES string of the molecule is O=C(C1CCCCCN1)N1CCC(N2CCCC2)C1. The zero-order valence-corrected chi connectivity index (χ0v) is 11.9. The highest BCUT2D eigenvalue weighted by Gasteiger charge is 2.34. The molecular formula is C15H27N3O. The Labute approximate surface area is 116 Å². The van der Waals surface area contributed by atoms with Crippen molar-refractivity contribution in [2.75, 3.05) is 32.7 Å². The minimum atomic E-state index is 0.0971. The molecule has 3 fully saturated rings. The van der Waals surface area contributed by atoms with Crippen LogP contribution in [0.25, 0.3) is 0 Å². The van der Waals surface area contributed by atoms with Crippen LogP contribution >= 0.6 is 0 Å². The molecule has 3 saturated heterocycles. The largest absolute Gasteiger partial charge is 0.340 e. The topological polar surface area (TPSA) is 35.6 Å². The van der Waals surface area contributed by atoms with Crippen LogP contribution in [0.3, 0.4) is 0 Å². The van der Waals surface area contributed by atoms with Gasteiger partial charge in [-0.2, -0.15) is 0 Å². The van der Waals surface area contributed by atoms with E-state index in [0.717, 1.165) is 26.1 Å². The Morgan fingerprint density at radius 2 is 1.79 bits per heavy atom. The van der Waals surface area contributed by atoms with Gasteiger partial charge in [0, 0.05) is 19.1 Å². The summed E-state index contributed by atoms with van der Waals surface area (Å²) in [5.74, 6) is 0.364. The van der Waals surface area contributed by atoms with Crippen LogP contribution in [0.1, 0.15) is 44.9 Å². The minimum absolute atomic E-state index is 0.0971. The van der Waals surface area contributed by atoms with E-state index in [2.05, 4.69) is 15.1 Å². The van der Waals surface area contributed by atoms with Crippen LogP contribution in [0.4, 0.5) is 0 Å². The van der Waals surface area contributed by atoms with Crippen molar-refractivity contribution in [1.29, 1.82) is 0 Å².